The molecule has 3 N–H and O–H groups in total. The van der Waals surface area contributed by atoms with Gasteiger partial charge in [0, 0.05) is 34.5 Å². The third-order valence-corrected chi connectivity index (χ3v) is 8.63. The highest BCUT2D eigenvalue weighted by Crippen LogP contribution is 2.65. The molecule has 38 heavy (non-hydrogen) atoms. The highest BCUT2D eigenvalue weighted by Gasteiger charge is 2.63. The molecular weight excluding hydrogens is 502 g/mol. The second-order valence-electron chi connectivity index (χ2n) is 10.4. The lowest BCUT2D eigenvalue weighted by molar-refractivity contribution is -0.147. The Bertz CT molecular complexity index is 1440. The average Bonchev–Trinajstić information content (AvgIpc) is 3.57. The molecule has 1 fully saturated rings. The van der Waals surface area contributed by atoms with Crippen molar-refractivity contribution in [3.05, 3.63) is 53.1 Å². The van der Waals surface area contributed by atoms with Crippen molar-refractivity contribution < 1.29 is 23.3 Å². The van der Waals surface area contributed by atoms with Gasteiger partial charge in [-0.2, -0.15) is 0 Å². The second kappa shape index (κ2) is 10.2. The lowest BCUT2D eigenvalue weighted by Gasteiger charge is -2.20. The third kappa shape index (κ3) is 4.22. The summed E-state index contributed by atoms with van der Waals surface area (Å²) >= 11 is -1.97. The fraction of sp³-hybridized carbons (Fsp3) is 0.448. The van der Waals surface area contributed by atoms with Crippen LogP contribution in [0.1, 0.15) is 79.3 Å². The molecular formula is C29H35N3O5S. The summed E-state index contributed by atoms with van der Waals surface area (Å²) < 4.78 is 26.9. The minimum absolute atomic E-state index is 0.0183. The van der Waals surface area contributed by atoms with Crippen molar-refractivity contribution in [3.63, 3.8) is 0 Å². The van der Waals surface area contributed by atoms with Gasteiger partial charge in [-0.25, -0.2) is 9.35 Å². The monoisotopic (exact) mass is 537 g/mol. The number of carbonyl (C=O) groups excluding carboxylic acids is 2. The molecule has 8 nitrogen and oxygen atoms in total. The standard InChI is InChI=1S/C29H35N3O5S/c1-5-7-17(8-6-2)25-21-11-9-18(27(33)31-38(30)35)13-24(21)32-16-29(28(34)37-4)15-23(29)22-14-19(36-3)10-12-20(22)26(25)32/h9-14,17,23H,5-8,15-16,30H2,1-4H3,(H,31,33). The summed E-state index contributed by atoms with van der Waals surface area (Å²) in [5.41, 5.74) is 5.10. The van der Waals surface area contributed by atoms with Crippen LogP contribution >= 0.6 is 0 Å². The van der Waals surface area contributed by atoms with Crippen molar-refractivity contribution in [2.24, 2.45) is 10.6 Å². The number of esters is 1. The number of hydrogen-bond acceptors (Lipinski definition) is 5. The van der Waals surface area contributed by atoms with E-state index in [0.29, 0.717) is 24.4 Å². The van der Waals surface area contributed by atoms with Gasteiger partial charge < -0.3 is 14.0 Å². The fourth-order valence-electron chi connectivity index (χ4n) is 6.50. The number of nitrogens with two attached hydrogens (primary N) is 1. The van der Waals surface area contributed by atoms with E-state index in [0.717, 1.165) is 59.2 Å². The Morgan fingerprint density at radius 1 is 1.16 bits per heavy atom. The molecule has 5 rings (SSSR count). The maximum atomic E-state index is 13.3. The number of ether oxygens (including phenoxy) is 2. The zero-order valence-corrected chi connectivity index (χ0v) is 23.2. The number of amides is 1. The highest BCUT2D eigenvalue weighted by atomic mass is 32.2. The summed E-state index contributed by atoms with van der Waals surface area (Å²) in [6, 6.07) is 11.7. The smallest absolute Gasteiger partial charge is 0.314 e. The summed E-state index contributed by atoms with van der Waals surface area (Å²) in [6.07, 6.45) is 4.85. The molecule has 1 amide bonds. The van der Waals surface area contributed by atoms with Crippen LogP contribution in [0.5, 0.6) is 5.75 Å². The molecule has 1 aliphatic carbocycles. The van der Waals surface area contributed by atoms with Crippen LogP contribution < -0.4 is 14.6 Å². The van der Waals surface area contributed by atoms with Crippen LogP contribution in [0.15, 0.2) is 36.4 Å². The van der Waals surface area contributed by atoms with Crippen molar-refractivity contribution in [2.45, 2.75) is 64.3 Å². The van der Waals surface area contributed by atoms with E-state index in [-0.39, 0.29) is 11.9 Å². The number of nitrogens with one attached hydrogen (secondary N) is 1. The van der Waals surface area contributed by atoms with Gasteiger partial charge in [0.2, 0.25) is 0 Å². The zero-order chi connectivity index (χ0) is 27.2. The van der Waals surface area contributed by atoms with Crippen LogP contribution in [0.4, 0.5) is 0 Å². The molecule has 2 aromatic carbocycles. The van der Waals surface area contributed by atoms with Crippen molar-refractivity contribution in [2.75, 3.05) is 14.2 Å². The number of methoxy groups -OCH3 is 2. The predicted octanol–water partition coefficient (Wildman–Crippen LogP) is 4.93. The SMILES string of the molecule is CCCC(CCC)c1c2n(c3cc(C(=O)NS(N)=O)ccc13)CC1(C(=O)OC)CC1c1cc(OC)ccc1-2. The number of fused-ring (bicyclic) bond motifs is 7. The maximum Gasteiger partial charge on any atom is 0.314 e. The minimum atomic E-state index is -1.97. The molecule has 202 valence electrons. The first-order valence-corrected chi connectivity index (χ1v) is 14.4. The number of hydrogen-bond donors (Lipinski definition) is 2. The van der Waals surface area contributed by atoms with Gasteiger partial charge >= 0.3 is 5.97 Å². The van der Waals surface area contributed by atoms with Gasteiger partial charge in [-0.1, -0.05) is 32.8 Å². The first-order valence-electron chi connectivity index (χ1n) is 13.2. The first kappa shape index (κ1) is 26.4. The molecule has 2 aliphatic rings. The van der Waals surface area contributed by atoms with E-state index in [1.807, 2.05) is 18.2 Å². The van der Waals surface area contributed by atoms with Crippen LogP contribution in [-0.2, 0) is 27.2 Å². The van der Waals surface area contributed by atoms with Gasteiger partial charge in [-0.3, -0.25) is 14.3 Å². The Kier molecular flexibility index (Phi) is 7.09. The molecule has 9 heteroatoms. The minimum Gasteiger partial charge on any atom is -0.497 e. The number of aromatic nitrogens is 1. The molecule has 3 atom stereocenters. The van der Waals surface area contributed by atoms with E-state index in [4.69, 9.17) is 14.6 Å². The summed E-state index contributed by atoms with van der Waals surface area (Å²) in [6.45, 7) is 4.86. The molecule has 1 saturated carbocycles. The van der Waals surface area contributed by atoms with Crippen LogP contribution in [0.3, 0.4) is 0 Å². The largest absolute Gasteiger partial charge is 0.497 e. The highest BCUT2D eigenvalue weighted by molar-refractivity contribution is 7.81. The van der Waals surface area contributed by atoms with Crippen molar-refractivity contribution in [3.8, 4) is 17.0 Å². The lowest BCUT2D eigenvalue weighted by Crippen LogP contribution is -2.30. The third-order valence-electron chi connectivity index (χ3n) is 8.24. The van der Waals surface area contributed by atoms with E-state index >= 15 is 0 Å². The Labute approximate surface area is 225 Å². The number of benzene rings is 2. The molecule has 0 radical (unpaired) electrons. The van der Waals surface area contributed by atoms with Gasteiger partial charge in [-0.15, -0.1) is 0 Å². The topological polar surface area (TPSA) is 113 Å². The van der Waals surface area contributed by atoms with E-state index < -0.39 is 22.5 Å². The predicted molar refractivity (Wildman–Crippen MR) is 148 cm³/mol. The van der Waals surface area contributed by atoms with Crippen LogP contribution in [0.2, 0.25) is 0 Å². The van der Waals surface area contributed by atoms with E-state index in [1.54, 1.807) is 13.2 Å². The van der Waals surface area contributed by atoms with E-state index in [9.17, 15) is 13.8 Å². The average molecular weight is 538 g/mol. The summed E-state index contributed by atoms with van der Waals surface area (Å²) in [5.74, 6) is 0.365. The van der Waals surface area contributed by atoms with E-state index in [1.165, 1.54) is 12.7 Å². The Hall–Kier alpha value is -3.17. The molecule has 3 aromatic rings. The zero-order valence-electron chi connectivity index (χ0n) is 22.3. The van der Waals surface area contributed by atoms with Crippen molar-refractivity contribution in [1.29, 1.82) is 0 Å². The molecule has 0 bridgehead atoms. The van der Waals surface area contributed by atoms with Gasteiger partial charge in [0.25, 0.3) is 5.91 Å². The van der Waals surface area contributed by atoms with Gasteiger partial charge in [0.05, 0.1) is 25.3 Å². The summed E-state index contributed by atoms with van der Waals surface area (Å²) in [5, 5.41) is 6.39. The first-order chi connectivity index (χ1) is 18.3. The van der Waals surface area contributed by atoms with Gasteiger partial charge in [0.1, 0.15) is 5.75 Å². The van der Waals surface area contributed by atoms with Crippen LogP contribution in [0, 0.1) is 5.41 Å². The van der Waals surface area contributed by atoms with Crippen LogP contribution in [-0.4, -0.2) is 34.9 Å². The van der Waals surface area contributed by atoms with Crippen LogP contribution in [0.25, 0.3) is 22.2 Å². The number of carbonyl (C=O) groups is 2. The van der Waals surface area contributed by atoms with E-state index in [2.05, 4.69) is 35.3 Å². The Balaban J connectivity index is 1.84. The maximum absolute atomic E-state index is 13.3. The fourth-order valence-corrected chi connectivity index (χ4v) is 6.80. The second-order valence-corrected chi connectivity index (χ2v) is 11.2. The van der Waals surface area contributed by atoms with Crippen molar-refractivity contribution >= 4 is 34.0 Å². The van der Waals surface area contributed by atoms with Gasteiger partial charge in [0.15, 0.2) is 11.2 Å². The Morgan fingerprint density at radius 3 is 2.53 bits per heavy atom. The molecule has 1 aliphatic heterocycles. The molecule has 3 unspecified atom stereocenters. The van der Waals surface area contributed by atoms with Crippen molar-refractivity contribution in [1.82, 2.24) is 9.29 Å². The number of rotatable bonds is 9. The molecule has 2 heterocycles. The molecule has 0 spiro atoms. The molecule has 0 saturated heterocycles. The Morgan fingerprint density at radius 2 is 1.89 bits per heavy atom. The normalized spacial score (nSPS) is 20.2. The quantitative estimate of drug-likeness (QED) is 0.376. The summed E-state index contributed by atoms with van der Waals surface area (Å²) in [7, 11) is 3.10. The lowest BCUT2D eigenvalue weighted by atomic mass is 9.85. The molecule has 1 aromatic heterocycles. The van der Waals surface area contributed by atoms with Gasteiger partial charge in [-0.05, 0) is 66.6 Å². The summed E-state index contributed by atoms with van der Waals surface area (Å²) in [4.78, 5) is 26.0. The number of nitrogens with zero attached hydrogens (tertiary/aromatic N) is 1.